The van der Waals surface area contributed by atoms with Crippen LogP contribution >= 0.6 is 49.9 Å². The molecule has 0 spiro atoms. The first-order chi connectivity index (χ1) is 18.3. The number of allylic oxidation sites excluding steroid dienone is 1. The summed E-state index contributed by atoms with van der Waals surface area (Å²) in [7, 11) is 0. The summed E-state index contributed by atoms with van der Waals surface area (Å²) in [5.41, 5.74) is 2.09. The van der Waals surface area contributed by atoms with Gasteiger partial charge in [0.15, 0.2) is 4.80 Å². The molecule has 0 N–H and O–H groups in total. The molecule has 0 radical (unpaired) electrons. The lowest BCUT2D eigenvalue weighted by atomic mass is 9.96. The third kappa shape index (κ3) is 5.81. The molecular formula is C28H26BrIN2O5S. The number of carbonyl (C=O) groups excluding carboxylic acids is 1. The minimum atomic E-state index is -0.692. The van der Waals surface area contributed by atoms with Crippen molar-refractivity contribution in [2.24, 2.45) is 4.99 Å². The first kappa shape index (κ1) is 28.3. The number of fused-ring (bicyclic) bond motifs is 1. The monoisotopic (exact) mass is 708 g/mol. The van der Waals surface area contributed by atoms with Gasteiger partial charge in [0.05, 0.1) is 38.6 Å². The number of thiazole rings is 1. The number of aromatic nitrogens is 1. The summed E-state index contributed by atoms with van der Waals surface area (Å²) in [4.78, 5) is 32.1. The Morgan fingerprint density at radius 1 is 1.21 bits per heavy atom. The predicted molar refractivity (Wildman–Crippen MR) is 161 cm³/mol. The van der Waals surface area contributed by atoms with Crippen LogP contribution in [0.15, 0.2) is 74.6 Å². The van der Waals surface area contributed by atoms with Gasteiger partial charge >= 0.3 is 5.97 Å². The van der Waals surface area contributed by atoms with Crippen molar-refractivity contribution in [3.63, 3.8) is 0 Å². The van der Waals surface area contributed by atoms with E-state index in [0.717, 1.165) is 19.2 Å². The summed E-state index contributed by atoms with van der Waals surface area (Å²) in [6, 6.07) is 10.5. The third-order valence-electron chi connectivity index (χ3n) is 5.69. The van der Waals surface area contributed by atoms with Crippen molar-refractivity contribution in [2.45, 2.75) is 26.8 Å². The number of halogens is 2. The molecule has 38 heavy (non-hydrogen) atoms. The molecule has 1 atom stereocenters. The molecule has 0 saturated carbocycles. The lowest BCUT2D eigenvalue weighted by molar-refractivity contribution is -0.139. The number of benzene rings is 2. The quantitative estimate of drug-likeness (QED) is 0.175. The van der Waals surface area contributed by atoms with E-state index in [0.29, 0.717) is 45.3 Å². The molecule has 3 aromatic rings. The molecule has 0 unspecified atom stereocenters. The molecule has 1 aliphatic heterocycles. The topological polar surface area (TPSA) is 79.1 Å². The Morgan fingerprint density at radius 2 is 1.95 bits per heavy atom. The van der Waals surface area contributed by atoms with Gasteiger partial charge in [0.25, 0.3) is 5.56 Å². The fourth-order valence-corrected chi connectivity index (χ4v) is 6.89. The maximum atomic E-state index is 13.9. The molecule has 0 aliphatic carbocycles. The maximum Gasteiger partial charge on any atom is 0.338 e. The molecule has 4 rings (SSSR count). The summed E-state index contributed by atoms with van der Waals surface area (Å²) >= 11 is 7.01. The molecule has 198 valence electrons. The predicted octanol–water partition coefficient (Wildman–Crippen LogP) is 5.13. The normalized spacial score (nSPS) is 15.1. The summed E-state index contributed by atoms with van der Waals surface area (Å²) in [6.45, 7) is 10.2. The second kappa shape index (κ2) is 12.4. The van der Waals surface area contributed by atoms with Gasteiger partial charge in [0.1, 0.15) is 18.1 Å². The lowest BCUT2D eigenvalue weighted by Crippen LogP contribution is -2.39. The van der Waals surface area contributed by atoms with Crippen LogP contribution in [0.4, 0.5) is 0 Å². The van der Waals surface area contributed by atoms with Crippen molar-refractivity contribution in [3.05, 3.63) is 99.2 Å². The van der Waals surface area contributed by atoms with Crippen LogP contribution in [0.25, 0.3) is 6.08 Å². The van der Waals surface area contributed by atoms with Gasteiger partial charge in [-0.1, -0.05) is 52.1 Å². The van der Waals surface area contributed by atoms with Crippen molar-refractivity contribution in [1.29, 1.82) is 0 Å². The second-order valence-corrected chi connectivity index (χ2v) is 11.3. The van der Waals surface area contributed by atoms with E-state index in [1.807, 2.05) is 43.3 Å². The van der Waals surface area contributed by atoms with Crippen molar-refractivity contribution < 1.29 is 19.0 Å². The molecule has 1 aromatic heterocycles. The molecule has 2 aromatic carbocycles. The Hall–Kier alpha value is -2.70. The largest absolute Gasteiger partial charge is 0.494 e. The Balaban J connectivity index is 1.93. The van der Waals surface area contributed by atoms with Gasteiger partial charge in [-0.2, -0.15) is 0 Å². The van der Waals surface area contributed by atoms with E-state index >= 15 is 0 Å². The molecule has 0 amide bonds. The van der Waals surface area contributed by atoms with Crippen LogP contribution in [0.2, 0.25) is 0 Å². The SMILES string of the molecule is C=CCOc1c(I)cc(Br)cc1/C=c1\sc2n(c1=O)[C@@H](c1ccc(OCC)cc1)C(C(=O)OCC)=C(C)N=2. The summed E-state index contributed by atoms with van der Waals surface area (Å²) in [5, 5.41) is 0. The Kier molecular flexibility index (Phi) is 9.27. The van der Waals surface area contributed by atoms with E-state index in [2.05, 4.69) is 50.1 Å². The van der Waals surface area contributed by atoms with Gasteiger partial charge in [-0.3, -0.25) is 9.36 Å². The van der Waals surface area contributed by atoms with Gasteiger partial charge in [-0.05, 0) is 79.3 Å². The standard InChI is InChI=1S/C28H26BrIN2O5S/c1-5-12-37-25-18(13-19(29)15-21(25)30)14-22-26(33)32-24(17-8-10-20(11-9-17)35-6-2)23(27(34)36-7-3)16(4)31-28(32)38-22/h5,8-11,13-15,24H,1,6-7,12H2,2-4H3/b22-14-/t24-/m0/s1. The fourth-order valence-electron chi connectivity index (χ4n) is 4.14. The minimum absolute atomic E-state index is 0.213. The van der Waals surface area contributed by atoms with Crippen LogP contribution in [0.5, 0.6) is 11.5 Å². The van der Waals surface area contributed by atoms with E-state index in [1.165, 1.54) is 11.3 Å². The molecule has 0 saturated heterocycles. The lowest BCUT2D eigenvalue weighted by Gasteiger charge is -2.24. The Labute approximate surface area is 246 Å². The van der Waals surface area contributed by atoms with Crippen LogP contribution in [-0.4, -0.2) is 30.4 Å². The van der Waals surface area contributed by atoms with Crippen LogP contribution in [0.1, 0.15) is 37.9 Å². The highest BCUT2D eigenvalue weighted by molar-refractivity contribution is 14.1. The van der Waals surface area contributed by atoms with Gasteiger partial charge in [0, 0.05) is 10.0 Å². The van der Waals surface area contributed by atoms with Crippen molar-refractivity contribution in [1.82, 2.24) is 4.57 Å². The summed E-state index contributed by atoms with van der Waals surface area (Å²) in [6.07, 6.45) is 3.47. The van der Waals surface area contributed by atoms with Crippen LogP contribution in [-0.2, 0) is 9.53 Å². The Morgan fingerprint density at radius 3 is 2.61 bits per heavy atom. The average molecular weight is 709 g/mol. The molecule has 0 fully saturated rings. The minimum Gasteiger partial charge on any atom is -0.494 e. The third-order valence-corrected chi connectivity index (χ3v) is 7.94. The van der Waals surface area contributed by atoms with Gasteiger partial charge < -0.3 is 14.2 Å². The summed E-state index contributed by atoms with van der Waals surface area (Å²) in [5.74, 6) is 0.868. The van der Waals surface area contributed by atoms with E-state index in [9.17, 15) is 9.59 Å². The number of carbonyl (C=O) groups is 1. The van der Waals surface area contributed by atoms with Crippen molar-refractivity contribution >= 4 is 61.9 Å². The maximum absolute atomic E-state index is 13.9. The molecule has 7 nitrogen and oxygen atoms in total. The van der Waals surface area contributed by atoms with Crippen molar-refractivity contribution in [2.75, 3.05) is 19.8 Å². The number of hydrogen-bond acceptors (Lipinski definition) is 7. The van der Waals surface area contributed by atoms with E-state index in [4.69, 9.17) is 14.2 Å². The average Bonchev–Trinajstić information content (AvgIpc) is 3.17. The number of esters is 1. The van der Waals surface area contributed by atoms with E-state index in [1.54, 1.807) is 30.6 Å². The zero-order valence-electron chi connectivity index (χ0n) is 21.1. The molecule has 0 bridgehead atoms. The zero-order valence-corrected chi connectivity index (χ0v) is 25.7. The zero-order chi connectivity index (χ0) is 27.4. The molecule has 2 heterocycles. The van der Waals surface area contributed by atoms with E-state index < -0.39 is 12.0 Å². The van der Waals surface area contributed by atoms with Crippen molar-refractivity contribution in [3.8, 4) is 11.5 Å². The smallest absolute Gasteiger partial charge is 0.338 e. The molecular weight excluding hydrogens is 683 g/mol. The fraction of sp³-hybridized carbons (Fsp3) is 0.250. The highest BCUT2D eigenvalue weighted by Gasteiger charge is 2.33. The van der Waals surface area contributed by atoms with E-state index in [-0.39, 0.29) is 12.2 Å². The van der Waals surface area contributed by atoms with Crippen LogP contribution in [0.3, 0.4) is 0 Å². The highest BCUT2D eigenvalue weighted by Crippen LogP contribution is 2.33. The highest BCUT2D eigenvalue weighted by atomic mass is 127. The second-order valence-electron chi connectivity index (χ2n) is 8.21. The first-order valence-electron chi connectivity index (χ1n) is 11.9. The number of nitrogens with zero attached hydrogens (tertiary/aromatic N) is 2. The molecule has 10 heteroatoms. The number of ether oxygens (including phenoxy) is 3. The number of hydrogen-bond donors (Lipinski definition) is 0. The summed E-state index contributed by atoms with van der Waals surface area (Å²) < 4.78 is 20.7. The van der Waals surface area contributed by atoms with Gasteiger partial charge in [-0.25, -0.2) is 9.79 Å². The number of rotatable bonds is 9. The first-order valence-corrected chi connectivity index (χ1v) is 14.6. The Bertz CT molecular complexity index is 1590. The molecule has 1 aliphatic rings. The van der Waals surface area contributed by atoms with Crippen LogP contribution in [0, 0.1) is 3.57 Å². The van der Waals surface area contributed by atoms with Crippen LogP contribution < -0.4 is 24.4 Å². The van der Waals surface area contributed by atoms with Gasteiger partial charge in [0.2, 0.25) is 0 Å². The van der Waals surface area contributed by atoms with Gasteiger partial charge in [-0.15, -0.1) is 0 Å².